The molecule has 0 spiro atoms. The maximum atomic E-state index is 10.6. The van der Waals surface area contributed by atoms with Crippen molar-refractivity contribution in [3.8, 4) is 0 Å². The third-order valence-corrected chi connectivity index (χ3v) is 3.51. The molecule has 94 valence electrons. The number of aromatic nitrogens is 3. The summed E-state index contributed by atoms with van der Waals surface area (Å²) in [5.41, 5.74) is 0. The Morgan fingerprint density at radius 1 is 1.53 bits per heavy atom. The van der Waals surface area contributed by atoms with Crippen LogP contribution in [0, 0.1) is 5.92 Å². The van der Waals surface area contributed by atoms with Gasteiger partial charge in [-0.3, -0.25) is 4.79 Å². The predicted molar refractivity (Wildman–Crippen MR) is 65.2 cm³/mol. The minimum absolute atomic E-state index is 0.0426. The van der Waals surface area contributed by atoms with Gasteiger partial charge in [-0.05, 0) is 18.8 Å². The van der Waals surface area contributed by atoms with E-state index in [1.807, 2.05) is 0 Å². The highest BCUT2D eigenvalue weighted by atomic mass is 32.2. The van der Waals surface area contributed by atoms with Gasteiger partial charge in [-0.25, -0.2) is 0 Å². The zero-order valence-electron chi connectivity index (χ0n) is 10.1. The molecule has 1 aromatic rings. The molecule has 0 radical (unpaired) electrons. The summed E-state index contributed by atoms with van der Waals surface area (Å²) in [4.78, 5) is 10.6. The lowest BCUT2D eigenvalue weighted by molar-refractivity contribution is -0.133. The van der Waals surface area contributed by atoms with Gasteiger partial charge in [0, 0.05) is 12.5 Å². The normalized spacial score (nSPS) is 15.5. The van der Waals surface area contributed by atoms with Gasteiger partial charge in [0.25, 0.3) is 0 Å². The standard InChI is InChI=1S/C11H17N3O2S/c1-7(2)5-14-10(8-3-4-8)12-13-11(14)17-6-9(15)16/h7-8H,3-6H2,1-2H3,(H,15,16). The lowest BCUT2D eigenvalue weighted by Gasteiger charge is -2.11. The molecule has 17 heavy (non-hydrogen) atoms. The van der Waals surface area contributed by atoms with Crippen molar-refractivity contribution >= 4 is 17.7 Å². The molecule has 1 N–H and O–H groups in total. The van der Waals surface area contributed by atoms with E-state index in [1.54, 1.807) is 0 Å². The second-order valence-electron chi connectivity index (χ2n) is 4.80. The Kier molecular flexibility index (Phi) is 3.71. The monoisotopic (exact) mass is 255 g/mol. The number of hydrogen-bond donors (Lipinski definition) is 1. The summed E-state index contributed by atoms with van der Waals surface area (Å²) in [6.07, 6.45) is 2.36. The maximum absolute atomic E-state index is 10.6. The molecule has 1 aliphatic rings. The zero-order chi connectivity index (χ0) is 12.4. The maximum Gasteiger partial charge on any atom is 0.313 e. The molecule has 1 aliphatic carbocycles. The van der Waals surface area contributed by atoms with Crippen LogP contribution in [0.25, 0.3) is 0 Å². The summed E-state index contributed by atoms with van der Waals surface area (Å²) in [6, 6.07) is 0. The Hall–Kier alpha value is -1.04. The lowest BCUT2D eigenvalue weighted by atomic mass is 10.2. The van der Waals surface area contributed by atoms with Gasteiger partial charge in [-0.2, -0.15) is 0 Å². The Bertz CT molecular complexity index is 413. The molecule has 0 atom stereocenters. The van der Waals surface area contributed by atoms with Crippen molar-refractivity contribution < 1.29 is 9.90 Å². The van der Waals surface area contributed by atoms with Crippen LogP contribution in [0.4, 0.5) is 0 Å². The number of carbonyl (C=O) groups is 1. The Morgan fingerprint density at radius 3 is 2.76 bits per heavy atom. The van der Waals surface area contributed by atoms with Crippen molar-refractivity contribution in [2.45, 2.75) is 44.3 Å². The molecular formula is C11H17N3O2S. The molecule has 0 aliphatic heterocycles. The van der Waals surface area contributed by atoms with Crippen molar-refractivity contribution in [2.75, 3.05) is 5.75 Å². The van der Waals surface area contributed by atoms with Gasteiger partial charge in [0.15, 0.2) is 5.16 Å². The molecule has 0 unspecified atom stereocenters. The van der Waals surface area contributed by atoms with Crippen molar-refractivity contribution in [1.82, 2.24) is 14.8 Å². The first-order valence-corrected chi connectivity index (χ1v) is 6.84. The first kappa shape index (κ1) is 12.4. The van der Waals surface area contributed by atoms with E-state index in [0.717, 1.165) is 17.5 Å². The van der Waals surface area contributed by atoms with E-state index < -0.39 is 5.97 Å². The quantitative estimate of drug-likeness (QED) is 0.787. The van der Waals surface area contributed by atoms with Crippen LogP contribution in [0.2, 0.25) is 0 Å². The molecule has 1 fully saturated rings. The van der Waals surface area contributed by atoms with Crippen LogP contribution >= 0.6 is 11.8 Å². The number of nitrogens with zero attached hydrogens (tertiary/aromatic N) is 3. The third-order valence-electron chi connectivity index (χ3n) is 2.56. The largest absolute Gasteiger partial charge is 0.481 e. The van der Waals surface area contributed by atoms with Gasteiger partial charge >= 0.3 is 5.97 Å². The Morgan fingerprint density at radius 2 is 2.24 bits per heavy atom. The van der Waals surface area contributed by atoms with Crippen LogP contribution in [0.15, 0.2) is 5.16 Å². The second kappa shape index (κ2) is 5.08. The number of hydrogen-bond acceptors (Lipinski definition) is 4. The van der Waals surface area contributed by atoms with Crippen LogP contribution < -0.4 is 0 Å². The number of rotatable bonds is 6. The average Bonchev–Trinajstić information content (AvgIpc) is 2.99. The molecule has 0 aromatic carbocycles. The minimum Gasteiger partial charge on any atom is -0.481 e. The highest BCUT2D eigenvalue weighted by molar-refractivity contribution is 7.99. The van der Waals surface area contributed by atoms with Gasteiger partial charge in [0.1, 0.15) is 5.82 Å². The highest BCUT2D eigenvalue weighted by Gasteiger charge is 2.30. The van der Waals surface area contributed by atoms with E-state index in [9.17, 15) is 4.79 Å². The fourth-order valence-electron chi connectivity index (χ4n) is 1.71. The van der Waals surface area contributed by atoms with Crippen LogP contribution in [0.3, 0.4) is 0 Å². The highest BCUT2D eigenvalue weighted by Crippen LogP contribution is 2.40. The van der Waals surface area contributed by atoms with E-state index >= 15 is 0 Å². The van der Waals surface area contributed by atoms with Gasteiger partial charge in [0.2, 0.25) is 0 Å². The van der Waals surface area contributed by atoms with Gasteiger partial charge in [-0.1, -0.05) is 25.6 Å². The molecule has 0 saturated heterocycles. The Labute approximate surface area is 105 Å². The van der Waals surface area contributed by atoms with E-state index in [1.165, 1.54) is 24.6 Å². The molecule has 0 bridgehead atoms. The van der Waals surface area contributed by atoms with Gasteiger partial charge in [-0.15, -0.1) is 10.2 Å². The topological polar surface area (TPSA) is 68.0 Å². The average molecular weight is 255 g/mol. The van der Waals surface area contributed by atoms with Crippen LogP contribution in [0.5, 0.6) is 0 Å². The van der Waals surface area contributed by atoms with E-state index in [0.29, 0.717) is 11.8 Å². The van der Waals surface area contributed by atoms with Crippen LogP contribution in [-0.2, 0) is 11.3 Å². The zero-order valence-corrected chi connectivity index (χ0v) is 10.9. The number of aliphatic carboxylic acids is 1. The van der Waals surface area contributed by atoms with Crippen molar-refractivity contribution in [1.29, 1.82) is 0 Å². The summed E-state index contributed by atoms with van der Waals surface area (Å²) >= 11 is 1.25. The number of carboxylic acid groups (broad SMARTS) is 1. The Balaban J connectivity index is 2.15. The van der Waals surface area contributed by atoms with Crippen molar-refractivity contribution in [3.63, 3.8) is 0 Å². The summed E-state index contributed by atoms with van der Waals surface area (Å²) < 4.78 is 2.09. The first-order valence-electron chi connectivity index (χ1n) is 5.85. The molecule has 1 aromatic heterocycles. The van der Waals surface area contributed by atoms with E-state index in [2.05, 4.69) is 28.6 Å². The summed E-state index contributed by atoms with van der Waals surface area (Å²) in [5.74, 6) is 1.31. The van der Waals surface area contributed by atoms with Gasteiger partial charge < -0.3 is 9.67 Å². The first-order chi connectivity index (χ1) is 8.08. The predicted octanol–water partition coefficient (Wildman–Crippen LogP) is 1.99. The van der Waals surface area contributed by atoms with Gasteiger partial charge in [0.05, 0.1) is 5.75 Å². The molecular weight excluding hydrogens is 238 g/mol. The van der Waals surface area contributed by atoms with Crippen molar-refractivity contribution in [2.24, 2.45) is 5.92 Å². The van der Waals surface area contributed by atoms with Crippen molar-refractivity contribution in [3.05, 3.63) is 5.82 Å². The third kappa shape index (κ3) is 3.21. The number of thioether (sulfide) groups is 1. The summed E-state index contributed by atoms with van der Waals surface area (Å²) in [5, 5.41) is 17.8. The van der Waals surface area contributed by atoms with E-state index in [4.69, 9.17) is 5.11 Å². The molecule has 1 saturated carbocycles. The molecule has 1 heterocycles. The molecule has 0 amide bonds. The summed E-state index contributed by atoms with van der Waals surface area (Å²) in [7, 11) is 0. The molecule has 5 nitrogen and oxygen atoms in total. The molecule has 2 rings (SSSR count). The second-order valence-corrected chi connectivity index (χ2v) is 5.74. The smallest absolute Gasteiger partial charge is 0.313 e. The SMILES string of the molecule is CC(C)Cn1c(SCC(=O)O)nnc1C1CC1. The van der Waals surface area contributed by atoms with Crippen LogP contribution in [0.1, 0.15) is 38.4 Å². The lowest BCUT2D eigenvalue weighted by Crippen LogP contribution is -2.10. The fourth-order valence-corrected chi connectivity index (χ4v) is 2.39. The van der Waals surface area contributed by atoms with Crippen LogP contribution in [-0.4, -0.2) is 31.6 Å². The van der Waals surface area contributed by atoms with E-state index in [-0.39, 0.29) is 5.75 Å². The molecule has 6 heteroatoms. The fraction of sp³-hybridized carbons (Fsp3) is 0.727. The number of carboxylic acids is 1. The minimum atomic E-state index is -0.818. The summed E-state index contributed by atoms with van der Waals surface area (Å²) in [6.45, 7) is 5.14.